The van der Waals surface area contributed by atoms with Crippen LogP contribution in [0.5, 0.6) is 0 Å². The molecule has 3 N–H and O–H groups in total. The fourth-order valence-corrected chi connectivity index (χ4v) is 5.14. The van der Waals surface area contributed by atoms with Crippen molar-refractivity contribution in [3.8, 4) is 5.69 Å². The zero-order valence-corrected chi connectivity index (χ0v) is 23.3. The van der Waals surface area contributed by atoms with Crippen molar-refractivity contribution >= 4 is 23.3 Å². The number of nitrogens with one attached hydrogen (secondary N) is 3. The predicted molar refractivity (Wildman–Crippen MR) is 154 cm³/mol. The van der Waals surface area contributed by atoms with Crippen molar-refractivity contribution in [1.29, 1.82) is 0 Å². The van der Waals surface area contributed by atoms with E-state index < -0.39 is 0 Å². The first-order chi connectivity index (χ1) is 18.2. The SMILES string of the molecule is CCCC(=O)C(c1ccccc1NC(=O)Nc1cc(C(C)(C)C)nn1-c1ccc(C)cc1)C1CCNCC1. The molecular weight excluding hydrogens is 474 g/mol. The first kappa shape index (κ1) is 27.6. The summed E-state index contributed by atoms with van der Waals surface area (Å²) in [5.74, 6) is 0.879. The van der Waals surface area contributed by atoms with Gasteiger partial charge in [-0.1, -0.05) is 63.6 Å². The van der Waals surface area contributed by atoms with Gasteiger partial charge in [0.1, 0.15) is 11.6 Å². The zero-order valence-electron chi connectivity index (χ0n) is 23.3. The molecule has 1 aliphatic heterocycles. The minimum atomic E-state index is -0.363. The van der Waals surface area contributed by atoms with Crippen molar-refractivity contribution in [2.24, 2.45) is 5.92 Å². The number of hydrogen-bond donors (Lipinski definition) is 3. The Balaban J connectivity index is 1.62. The van der Waals surface area contributed by atoms with Gasteiger partial charge in [0.05, 0.1) is 11.4 Å². The summed E-state index contributed by atoms with van der Waals surface area (Å²) in [5, 5.41) is 14.3. The first-order valence-electron chi connectivity index (χ1n) is 13.8. The van der Waals surface area contributed by atoms with Crippen LogP contribution in [0.25, 0.3) is 5.69 Å². The van der Waals surface area contributed by atoms with E-state index in [1.807, 2.05) is 68.4 Å². The van der Waals surface area contributed by atoms with E-state index in [0.29, 0.717) is 17.9 Å². The average molecular weight is 516 g/mol. The third kappa shape index (κ3) is 6.51. The molecule has 1 atom stereocenters. The summed E-state index contributed by atoms with van der Waals surface area (Å²) in [7, 11) is 0. The van der Waals surface area contributed by atoms with Gasteiger partial charge in [0.15, 0.2) is 0 Å². The van der Waals surface area contributed by atoms with Crippen molar-refractivity contribution in [1.82, 2.24) is 15.1 Å². The molecule has 0 radical (unpaired) electrons. The lowest BCUT2D eigenvalue weighted by Crippen LogP contribution is -2.34. The number of carbonyl (C=O) groups is 2. The number of piperidine rings is 1. The Morgan fingerprint density at radius 2 is 1.74 bits per heavy atom. The number of ketones is 1. The number of aryl methyl sites for hydroxylation is 1. The van der Waals surface area contributed by atoms with Crippen molar-refractivity contribution in [3.05, 3.63) is 71.4 Å². The van der Waals surface area contributed by atoms with Gasteiger partial charge in [0.2, 0.25) is 0 Å². The molecule has 2 heterocycles. The molecule has 1 aromatic heterocycles. The number of carbonyl (C=O) groups excluding carboxylic acids is 2. The average Bonchev–Trinajstić information content (AvgIpc) is 3.31. The van der Waals surface area contributed by atoms with Crippen LogP contribution in [-0.2, 0) is 10.2 Å². The van der Waals surface area contributed by atoms with Gasteiger partial charge in [0, 0.05) is 29.5 Å². The second kappa shape index (κ2) is 11.9. The largest absolute Gasteiger partial charge is 0.324 e. The van der Waals surface area contributed by atoms with Crippen molar-refractivity contribution in [2.75, 3.05) is 23.7 Å². The molecule has 0 saturated carbocycles. The Hall–Kier alpha value is -3.45. The van der Waals surface area contributed by atoms with E-state index in [1.54, 1.807) is 4.68 Å². The van der Waals surface area contributed by atoms with Crippen LogP contribution in [0.1, 0.15) is 76.1 Å². The molecule has 1 saturated heterocycles. The van der Waals surface area contributed by atoms with Crippen LogP contribution in [0.15, 0.2) is 54.6 Å². The third-order valence-electron chi connectivity index (χ3n) is 7.24. The Labute approximate surface area is 226 Å². The molecule has 3 aromatic rings. The molecule has 7 nitrogen and oxygen atoms in total. The van der Waals surface area contributed by atoms with Crippen LogP contribution in [0.3, 0.4) is 0 Å². The lowest BCUT2D eigenvalue weighted by atomic mass is 9.76. The van der Waals surface area contributed by atoms with E-state index in [4.69, 9.17) is 5.10 Å². The molecule has 202 valence electrons. The van der Waals surface area contributed by atoms with Crippen LogP contribution < -0.4 is 16.0 Å². The quantitative estimate of drug-likeness (QED) is 0.316. The summed E-state index contributed by atoms with van der Waals surface area (Å²) in [6.07, 6.45) is 3.26. The van der Waals surface area contributed by atoms with Crippen LogP contribution in [0, 0.1) is 12.8 Å². The minimum absolute atomic E-state index is 0.183. The van der Waals surface area contributed by atoms with Gasteiger partial charge in [-0.25, -0.2) is 9.48 Å². The highest BCUT2D eigenvalue weighted by atomic mass is 16.2. The topological polar surface area (TPSA) is 88.1 Å². The Kier molecular flexibility index (Phi) is 8.67. The van der Waals surface area contributed by atoms with Crippen molar-refractivity contribution in [3.63, 3.8) is 0 Å². The van der Waals surface area contributed by atoms with Crippen LogP contribution in [-0.4, -0.2) is 34.7 Å². The zero-order chi connectivity index (χ0) is 27.3. The second-order valence-electron chi connectivity index (χ2n) is 11.4. The summed E-state index contributed by atoms with van der Waals surface area (Å²) in [5.41, 5.74) is 4.30. The highest BCUT2D eigenvalue weighted by Crippen LogP contribution is 2.37. The lowest BCUT2D eigenvalue weighted by molar-refractivity contribution is -0.122. The van der Waals surface area contributed by atoms with E-state index in [-0.39, 0.29) is 29.1 Å². The Morgan fingerprint density at radius 3 is 2.39 bits per heavy atom. The lowest BCUT2D eigenvalue weighted by Gasteiger charge is -2.31. The highest BCUT2D eigenvalue weighted by molar-refractivity contribution is 6.01. The minimum Gasteiger partial charge on any atom is -0.317 e. The number of rotatable bonds is 8. The molecular formula is C31H41N5O2. The first-order valence-corrected chi connectivity index (χ1v) is 13.8. The molecule has 7 heteroatoms. The maximum Gasteiger partial charge on any atom is 0.324 e. The van der Waals surface area contributed by atoms with Crippen LogP contribution in [0.4, 0.5) is 16.3 Å². The number of aromatic nitrogens is 2. The van der Waals surface area contributed by atoms with E-state index in [0.717, 1.165) is 54.9 Å². The molecule has 38 heavy (non-hydrogen) atoms. The number of benzene rings is 2. The number of hydrogen-bond acceptors (Lipinski definition) is 4. The van der Waals surface area contributed by atoms with Gasteiger partial charge in [-0.2, -0.15) is 5.10 Å². The molecule has 1 aliphatic rings. The van der Waals surface area contributed by atoms with E-state index >= 15 is 0 Å². The summed E-state index contributed by atoms with van der Waals surface area (Å²) in [6, 6.07) is 17.3. The second-order valence-corrected chi connectivity index (χ2v) is 11.4. The van der Waals surface area contributed by atoms with Gasteiger partial charge >= 0.3 is 6.03 Å². The molecule has 0 bridgehead atoms. The number of nitrogens with zero attached hydrogens (tertiary/aromatic N) is 2. The predicted octanol–water partition coefficient (Wildman–Crippen LogP) is 6.57. The fourth-order valence-electron chi connectivity index (χ4n) is 5.14. The smallest absolute Gasteiger partial charge is 0.317 e. The molecule has 0 spiro atoms. The number of amides is 2. The van der Waals surface area contributed by atoms with Gasteiger partial charge < -0.3 is 10.6 Å². The van der Waals surface area contributed by atoms with E-state index in [2.05, 4.69) is 36.7 Å². The summed E-state index contributed by atoms with van der Waals surface area (Å²) >= 11 is 0. The fraction of sp³-hybridized carbons (Fsp3) is 0.452. The van der Waals surface area contributed by atoms with Gasteiger partial charge in [-0.15, -0.1) is 0 Å². The number of Topliss-reactive ketones (excluding diaryl/α,β-unsaturated/α-hetero) is 1. The van der Waals surface area contributed by atoms with Crippen LogP contribution >= 0.6 is 0 Å². The standard InChI is InChI=1S/C31H41N5O2/c1-6-9-26(37)29(22-16-18-32-19-17-22)24-10-7-8-11-25(24)33-30(38)34-28-20-27(31(3,4)5)35-36(28)23-14-12-21(2)13-15-23/h7-8,10-15,20,22,29,32H,6,9,16-19H2,1-5H3,(H2,33,34,38). The van der Waals surface area contributed by atoms with E-state index in [1.165, 1.54) is 0 Å². The maximum atomic E-state index is 13.4. The van der Waals surface area contributed by atoms with E-state index in [9.17, 15) is 9.59 Å². The molecule has 1 fully saturated rings. The third-order valence-corrected chi connectivity index (χ3v) is 7.24. The van der Waals surface area contributed by atoms with Crippen LogP contribution in [0.2, 0.25) is 0 Å². The van der Waals surface area contributed by atoms with Gasteiger partial charge in [0.25, 0.3) is 0 Å². The maximum absolute atomic E-state index is 13.4. The number of urea groups is 1. The number of para-hydroxylation sites is 1. The van der Waals surface area contributed by atoms with Gasteiger partial charge in [-0.05, 0) is 69.0 Å². The highest BCUT2D eigenvalue weighted by Gasteiger charge is 2.32. The molecule has 2 aromatic carbocycles. The molecule has 1 unspecified atom stereocenters. The summed E-state index contributed by atoms with van der Waals surface area (Å²) in [6.45, 7) is 12.2. The normalized spacial score (nSPS) is 15.2. The molecule has 4 rings (SSSR count). The molecule has 0 aliphatic carbocycles. The monoisotopic (exact) mass is 515 g/mol. The summed E-state index contributed by atoms with van der Waals surface area (Å²) in [4.78, 5) is 26.7. The molecule has 2 amide bonds. The van der Waals surface area contributed by atoms with Gasteiger partial charge in [-0.3, -0.25) is 10.1 Å². The summed E-state index contributed by atoms with van der Waals surface area (Å²) < 4.78 is 1.77. The Morgan fingerprint density at radius 1 is 1.05 bits per heavy atom. The van der Waals surface area contributed by atoms with Crippen molar-refractivity contribution in [2.45, 2.75) is 71.6 Å². The number of anilines is 2. The van der Waals surface area contributed by atoms with Crippen molar-refractivity contribution < 1.29 is 9.59 Å². The Bertz CT molecular complexity index is 1250.